The van der Waals surface area contributed by atoms with Crippen molar-refractivity contribution in [1.82, 2.24) is 25.2 Å². The first-order valence-electron chi connectivity index (χ1n) is 5.13. The minimum Gasteiger partial charge on any atom is -0.292 e. The van der Waals surface area contributed by atoms with Gasteiger partial charge in [0.1, 0.15) is 5.69 Å². The van der Waals surface area contributed by atoms with Gasteiger partial charge >= 0.3 is 0 Å². The Morgan fingerprint density at radius 2 is 2.38 bits per heavy atom. The van der Waals surface area contributed by atoms with Crippen molar-refractivity contribution in [2.75, 3.05) is 0 Å². The highest BCUT2D eigenvalue weighted by Crippen LogP contribution is 2.07. The van der Waals surface area contributed by atoms with Crippen LogP contribution in [0.15, 0.2) is 12.3 Å². The minimum atomic E-state index is -0.0525. The van der Waals surface area contributed by atoms with Crippen LogP contribution in [0.4, 0.5) is 0 Å². The van der Waals surface area contributed by atoms with Crippen LogP contribution in [0.5, 0.6) is 0 Å². The standard InChI is InChI=1S/C10H13N5O/c1-3-15-8(4-7(2)13-15)5-10(16)9-6-11-14-12-9/h4,6H,3,5H2,1-2H3,(H,11,12,14). The van der Waals surface area contributed by atoms with Gasteiger partial charge in [-0.25, -0.2) is 0 Å². The zero-order chi connectivity index (χ0) is 11.5. The Labute approximate surface area is 92.7 Å². The summed E-state index contributed by atoms with van der Waals surface area (Å²) in [6, 6.07) is 1.92. The highest BCUT2D eigenvalue weighted by Gasteiger charge is 2.13. The van der Waals surface area contributed by atoms with E-state index in [0.29, 0.717) is 12.1 Å². The molecule has 0 atom stereocenters. The van der Waals surface area contributed by atoms with Gasteiger partial charge in [0, 0.05) is 12.2 Å². The first-order valence-corrected chi connectivity index (χ1v) is 5.13. The molecule has 0 aliphatic heterocycles. The van der Waals surface area contributed by atoms with Gasteiger partial charge in [-0.3, -0.25) is 9.48 Å². The van der Waals surface area contributed by atoms with E-state index in [9.17, 15) is 4.79 Å². The fourth-order valence-electron chi connectivity index (χ4n) is 1.61. The number of rotatable bonds is 4. The number of aromatic amines is 1. The molecule has 0 aromatic carbocycles. The lowest BCUT2D eigenvalue weighted by atomic mass is 10.1. The van der Waals surface area contributed by atoms with E-state index < -0.39 is 0 Å². The molecular formula is C10H13N5O. The van der Waals surface area contributed by atoms with Gasteiger partial charge in [0.15, 0.2) is 5.78 Å². The van der Waals surface area contributed by atoms with Crippen LogP contribution in [0.1, 0.15) is 28.8 Å². The molecule has 2 aromatic rings. The van der Waals surface area contributed by atoms with Crippen molar-refractivity contribution in [3.05, 3.63) is 29.3 Å². The van der Waals surface area contributed by atoms with Crippen LogP contribution in [0.2, 0.25) is 0 Å². The second-order valence-electron chi connectivity index (χ2n) is 3.55. The molecule has 2 rings (SSSR count). The number of aromatic nitrogens is 5. The minimum absolute atomic E-state index is 0.0525. The number of Topliss-reactive ketones (excluding diaryl/α,β-unsaturated/α-hetero) is 1. The fraction of sp³-hybridized carbons (Fsp3) is 0.400. The number of nitrogens with zero attached hydrogens (tertiary/aromatic N) is 4. The quantitative estimate of drug-likeness (QED) is 0.770. The van der Waals surface area contributed by atoms with E-state index in [4.69, 9.17) is 0 Å². The van der Waals surface area contributed by atoms with E-state index >= 15 is 0 Å². The van der Waals surface area contributed by atoms with E-state index in [1.54, 1.807) is 0 Å². The second-order valence-corrected chi connectivity index (χ2v) is 3.55. The number of carbonyl (C=O) groups excluding carboxylic acids is 1. The Bertz CT molecular complexity index is 485. The molecule has 0 aliphatic carbocycles. The third kappa shape index (κ3) is 2.00. The molecule has 0 fully saturated rings. The summed E-state index contributed by atoms with van der Waals surface area (Å²) < 4.78 is 1.83. The lowest BCUT2D eigenvalue weighted by molar-refractivity contribution is 0.0985. The van der Waals surface area contributed by atoms with Crippen LogP contribution < -0.4 is 0 Å². The first kappa shape index (κ1) is 10.5. The van der Waals surface area contributed by atoms with E-state index in [2.05, 4.69) is 20.5 Å². The normalized spacial score (nSPS) is 10.6. The summed E-state index contributed by atoms with van der Waals surface area (Å²) in [4.78, 5) is 11.8. The molecule has 0 saturated carbocycles. The predicted molar refractivity (Wildman–Crippen MR) is 57.1 cm³/mol. The third-order valence-corrected chi connectivity index (χ3v) is 2.33. The van der Waals surface area contributed by atoms with Gasteiger partial charge in [0.2, 0.25) is 0 Å². The molecule has 0 saturated heterocycles. The summed E-state index contributed by atoms with van der Waals surface area (Å²) in [5.74, 6) is -0.0525. The Kier molecular flexibility index (Phi) is 2.80. The zero-order valence-corrected chi connectivity index (χ0v) is 9.27. The Morgan fingerprint density at radius 3 is 3.00 bits per heavy atom. The van der Waals surface area contributed by atoms with E-state index in [1.165, 1.54) is 6.20 Å². The highest BCUT2D eigenvalue weighted by molar-refractivity contribution is 5.95. The summed E-state index contributed by atoms with van der Waals surface area (Å²) in [5.41, 5.74) is 2.19. The van der Waals surface area contributed by atoms with Crippen molar-refractivity contribution < 1.29 is 4.79 Å². The van der Waals surface area contributed by atoms with Crippen molar-refractivity contribution >= 4 is 5.78 Å². The molecule has 0 radical (unpaired) electrons. The average molecular weight is 219 g/mol. The van der Waals surface area contributed by atoms with Crippen molar-refractivity contribution in [3.8, 4) is 0 Å². The van der Waals surface area contributed by atoms with Gasteiger partial charge in [0.05, 0.1) is 18.3 Å². The highest BCUT2D eigenvalue weighted by atomic mass is 16.1. The van der Waals surface area contributed by atoms with Gasteiger partial charge in [-0.15, -0.1) is 0 Å². The molecule has 6 nitrogen and oxygen atoms in total. The molecule has 0 amide bonds. The maximum Gasteiger partial charge on any atom is 0.190 e. The SMILES string of the molecule is CCn1nc(C)cc1CC(=O)c1cn[nH]n1. The topological polar surface area (TPSA) is 76.5 Å². The smallest absolute Gasteiger partial charge is 0.190 e. The van der Waals surface area contributed by atoms with Crippen molar-refractivity contribution in [2.24, 2.45) is 0 Å². The number of carbonyl (C=O) groups is 1. The molecule has 0 bridgehead atoms. The molecule has 16 heavy (non-hydrogen) atoms. The average Bonchev–Trinajstić information content (AvgIpc) is 2.87. The second kappa shape index (κ2) is 4.26. The largest absolute Gasteiger partial charge is 0.292 e. The van der Waals surface area contributed by atoms with Crippen molar-refractivity contribution in [1.29, 1.82) is 0 Å². The van der Waals surface area contributed by atoms with Crippen LogP contribution >= 0.6 is 0 Å². The molecule has 0 aliphatic rings. The van der Waals surface area contributed by atoms with Gasteiger partial charge in [-0.2, -0.15) is 20.5 Å². The maximum atomic E-state index is 11.8. The molecule has 2 heterocycles. The number of hydrogen-bond acceptors (Lipinski definition) is 4. The fourth-order valence-corrected chi connectivity index (χ4v) is 1.61. The number of hydrogen-bond donors (Lipinski definition) is 1. The Hall–Kier alpha value is -1.98. The molecule has 6 heteroatoms. The van der Waals surface area contributed by atoms with Crippen LogP contribution in [-0.2, 0) is 13.0 Å². The van der Waals surface area contributed by atoms with Crippen molar-refractivity contribution in [3.63, 3.8) is 0 Å². The van der Waals surface area contributed by atoms with Gasteiger partial charge < -0.3 is 0 Å². The number of ketones is 1. The molecule has 2 aromatic heterocycles. The monoisotopic (exact) mass is 219 g/mol. The molecule has 0 unspecified atom stereocenters. The summed E-state index contributed by atoms with van der Waals surface area (Å²) >= 11 is 0. The summed E-state index contributed by atoms with van der Waals surface area (Å²) in [7, 11) is 0. The molecule has 1 N–H and O–H groups in total. The van der Waals surface area contributed by atoms with Crippen LogP contribution in [0.25, 0.3) is 0 Å². The molecular weight excluding hydrogens is 206 g/mol. The summed E-state index contributed by atoms with van der Waals surface area (Å²) in [6.07, 6.45) is 1.74. The van der Waals surface area contributed by atoms with Gasteiger partial charge in [0.25, 0.3) is 0 Å². The van der Waals surface area contributed by atoms with Crippen molar-refractivity contribution in [2.45, 2.75) is 26.8 Å². The molecule has 0 spiro atoms. The summed E-state index contributed by atoms with van der Waals surface area (Å²) in [6.45, 7) is 4.67. The van der Waals surface area contributed by atoms with E-state index in [1.807, 2.05) is 24.6 Å². The first-order chi connectivity index (χ1) is 7.70. The Morgan fingerprint density at radius 1 is 1.56 bits per heavy atom. The third-order valence-electron chi connectivity index (χ3n) is 2.33. The zero-order valence-electron chi connectivity index (χ0n) is 9.27. The maximum absolute atomic E-state index is 11.8. The van der Waals surface area contributed by atoms with Crippen LogP contribution in [0.3, 0.4) is 0 Å². The number of aryl methyl sites for hydroxylation is 2. The van der Waals surface area contributed by atoms with Gasteiger partial charge in [-0.1, -0.05) is 0 Å². The number of nitrogens with one attached hydrogen (secondary N) is 1. The lowest BCUT2D eigenvalue weighted by Crippen LogP contribution is -2.10. The Balaban J connectivity index is 2.17. The van der Waals surface area contributed by atoms with E-state index in [0.717, 1.165) is 17.9 Å². The van der Waals surface area contributed by atoms with Gasteiger partial charge in [-0.05, 0) is 19.9 Å². The van der Waals surface area contributed by atoms with Crippen LogP contribution in [0, 0.1) is 6.92 Å². The van der Waals surface area contributed by atoms with E-state index in [-0.39, 0.29) is 5.78 Å². The molecule has 84 valence electrons. The van der Waals surface area contributed by atoms with Crippen LogP contribution in [-0.4, -0.2) is 31.0 Å². The predicted octanol–water partition coefficient (Wildman–Crippen LogP) is 0.755. The number of H-pyrrole nitrogens is 1. The lowest BCUT2D eigenvalue weighted by Gasteiger charge is -2.01. The summed E-state index contributed by atoms with van der Waals surface area (Å²) in [5, 5.41) is 14.1.